The number of anilines is 1. The molecule has 0 spiro atoms. The van der Waals surface area contributed by atoms with E-state index in [1.54, 1.807) is 12.3 Å². The van der Waals surface area contributed by atoms with E-state index in [-0.39, 0.29) is 16.0 Å². The van der Waals surface area contributed by atoms with E-state index in [0.29, 0.717) is 17.6 Å². The van der Waals surface area contributed by atoms with Gasteiger partial charge in [0.25, 0.3) is 0 Å². The first-order valence-corrected chi connectivity index (χ1v) is 14.7. The molecule has 0 saturated heterocycles. The van der Waals surface area contributed by atoms with Crippen molar-refractivity contribution in [1.82, 2.24) is 15.3 Å². The fourth-order valence-electron chi connectivity index (χ4n) is 5.24. The molecule has 0 amide bonds. The molecular weight excluding hydrogens is 522 g/mol. The maximum absolute atomic E-state index is 12.3. The van der Waals surface area contributed by atoms with Crippen LogP contribution in [0.15, 0.2) is 58.2 Å². The number of hydrogen-bond donors (Lipinski definition) is 4. The molecule has 38 heavy (non-hydrogen) atoms. The van der Waals surface area contributed by atoms with Gasteiger partial charge in [-0.2, -0.15) is 0 Å². The van der Waals surface area contributed by atoms with Crippen LogP contribution in [0.4, 0.5) is 5.95 Å². The normalized spacial score (nSPS) is 23.7. The number of nitrogens with two attached hydrogens (primary N) is 2. The number of aliphatic imine (C=N–C) groups is 1. The Kier molecular flexibility index (Phi) is 7.17. The summed E-state index contributed by atoms with van der Waals surface area (Å²) in [5, 5.41) is 13.3. The number of sulfonamides is 1. The fraction of sp³-hybridized carbons (Fsp3) is 0.370. The minimum absolute atomic E-state index is 0.0552. The van der Waals surface area contributed by atoms with Gasteiger partial charge < -0.3 is 16.4 Å². The van der Waals surface area contributed by atoms with Gasteiger partial charge in [-0.25, -0.2) is 23.5 Å². The van der Waals surface area contributed by atoms with Crippen molar-refractivity contribution in [3.05, 3.63) is 70.0 Å². The van der Waals surface area contributed by atoms with Crippen LogP contribution >= 0.6 is 11.6 Å². The first kappa shape index (κ1) is 26.6. The van der Waals surface area contributed by atoms with E-state index >= 15 is 0 Å². The average molecular weight is 554 g/mol. The minimum Gasteiger partial charge on any atom is -0.357 e. The van der Waals surface area contributed by atoms with E-state index in [4.69, 9.17) is 32.4 Å². The molecule has 1 aromatic heterocycles. The summed E-state index contributed by atoms with van der Waals surface area (Å²) in [5.74, 6) is 0.609. The number of aromatic nitrogens is 2. The lowest BCUT2D eigenvalue weighted by atomic mass is 9.88. The van der Waals surface area contributed by atoms with Gasteiger partial charge >= 0.3 is 0 Å². The first-order chi connectivity index (χ1) is 18.1. The predicted molar refractivity (Wildman–Crippen MR) is 152 cm³/mol. The number of nitrogens with one attached hydrogen (secondary N) is 2. The molecule has 200 valence electrons. The highest BCUT2D eigenvalue weighted by Gasteiger charge is 2.37. The van der Waals surface area contributed by atoms with Crippen molar-refractivity contribution >= 4 is 44.7 Å². The van der Waals surface area contributed by atoms with Crippen molar-refractivity contribution in [3.8, 4) is 0 Å². The largest absolute Gasteiger partial charge is 0.357 e. The third-order valence-corrected chi connectivity index (χ3v) is 8.68. The Morgan fingerprint density at radius 2 is 1.92 bits per heavy atom. The zero-order valence-corrected chi connectivity index (χ0v) is 23.0. The van der Waals surface area contributed by atoms with E-state index in [1.165, 1.54) is 12.1 Å². The summed E-state index contributed by atoms with van der Waals surface area (Å²) in [7, 11) is -4.04. The van der Waals surface area contributed by atoms with Crippen LogP contribution in [0.5, 0.6) is 0 Å². The molecule has 1 saturated carbocycles. The molecule has 2 heterocycles. The number of benzene rings is 2. The van der Waals surface area contributed by atoms with Gasteiger partial charge in [0.2, 0.25) is 16.0 Å². The van der Waals surface area contributed by atoms with Gasteiger partial charge in [-0.3, -0.25) is 4.99 Å². The van der Waals surface area contributed by atoms with Gasteiger partial charge in [-0.05, 0) is 74.9 Å². The van der Waals surface area contributed by atoms with Crippen molar-refractivity contribution in [2.24, 2.45) is 15.9 Å². The Bertz CT molecular complexity index is 1550. The van der Waals surface area contributed by atoms with Crippen molar-refractivity contribution in [1.29, 1.82) is 0 Å². The second kappa shape index (κ2) is 10.3. The van der Waals surface area contributed by atoms with E-state index in [9.17, 15) is 8.42 Å². The van der Waals surface area contributed by atoms with E-state index in [1.807, 2.05) is 25.3 Å². The molecule has 2 aliphatic rings. The molecule has 3 aromatic rings. The predicted octanol–water partition coefficient (Wildman–Crippen LogP) is 3.95. The smallest absolute Gasteiger partial charge is 0.239 e. The van der Waals surface area contributed by atoms with Crippen molar-refractivity contribution in [3.63, 3.8) is 0 Å². The van der Waals surface area contributed by atoms with Gasteiger partial charge in [-0.1, -0.05) is 24.6 Å². The van der Waals surface area contributed by atoms with E-state index < -0.39 is 15.7 Å². The molecule has 0 bridgehead atoms. The molecule has 6 N–H and O–H groups in total. The molecule has 9 nitrogen and oxygen atoms in total. The highest BCUT2D eigenvalue weighted by atomic mass is 35.5. The van der Waals surface area contributed by atoms with E-state index in [0.717, 1.165) is 59.8 Å². The SMILES string of the molecule is CCc1cc(C2(c3ccc(Cl)c(S(N)(=O)=O)c3)N=CC=C(C)N2)cc2cnc(NC3CCC(N)CC3)nc12. The Balaban J connectivity index is 1.61. The van der Waals surface area contributed by atoms with Crippen LogP contribution in [0.2, 0.25) is 5.02 Å². The van der Waals surface area contributed by atoms with Gasteiger partial charge in [0, 0.05) is 46.7 Å². The Hall–Kier alpha value is -3.05. The topological polar surface area (TPSA) is 148 Å². The molecule has 1 aliphatic heterocycles. The van der Waals surface area contributed by atoms with Gasteiger partial charge in [-0.15, -0.1) is 0 Å². The quantitative estimate of drug-likeness (QED) is 0.361. The van der Waals surface area contributed by atoms with Gasteiger partial charge in [0.15, 0.2) is 5.66 Å². The summed E-state index contributed by atoms with van der Waals surface area (Å²) < 4.78 is 24.5. The number of fused-ring (bicyclic) bond motifs is 1. The minimum atomic E-state index is -4.04. The fourth-order valence-corrected chi connectivity index (χ4v) is 6.31. The number of rotatable bonds is 6. The summed E-state index contributed by atoms with van der Waals surface area (Å²) >= 11 is 6.20. The van der Waals surface area contributed by atoms with Crippen LogP contribution in [0, 0.1) is 0 Å². The molecule has 1 unspecified atom stereocenters. The first-order valence-electron chi connectivity index (χ1n) is 12.7. The highest BCUT2D eigenvalue weighted by Crippen LogP contribution is 2.38. The third kappa shape index (κ3) is 5.13. The highest BCUT2D eigenvalue weighted by molar-refractivity contribution is 7.89. The molecule has 5 rings (SSSR count). The molecule has 0 radical (unpaired) electrons. The maximum Gasteiger partial charge on any atom is 0.239 e. The van der Waals surface area contributed by atoms with E-state index in [2.05, 4.69) is 28.6 Å². The number of allylic oxidation sites excluding steroid dienone is 2. The van der Waals surface area contributed by atoms with Crippen molar-refractivity contribution < 1.29 is 8.42 Å². The van der Waals surface area contributed by atoms with Crippen molar-refractivity contribution in [2.45, 2.75) is 68.6 Å². The van der Waals surface area contributed by atoms with Gasteiger partial charge in [0.05, 0.1) is 10.5 Å². The molecule has 11 heteroatoms. The molecular formula is C27H32ClN7O2S. The van der Waals surface area contributed by atoms with Crippen LogP contribution in [0.1, 0.15) is 56.2 Å². The number of aryl methyl sites for hydroxylation is 1. The summed E-state index contributed by atoms with van der Waals surface area (Å²) in [6, 6.07) is 9.42. The second-order valence-electron chi connectivity index (χ2n) is 10.0. The molecule has 2 aromatic carbocycles. The standard InChI is InChI=1S/C27H32ClN7O2S/c1-3-17-12-20(13-18-15-31-26(34-25(17)18)33-22-7-5-21(29)6-8-22)27(32-11-10-16(2)35-27)19-4-9-23(28)24(14-19)38(30,36)37/h4,9-15,21-22,35H,3,5-8,29H2,1-2H3,(H2,30,36,37)(H,31,33,34). The van der Waals surface area contributed by atoms with Crippen LogP contribution in [-0.4, -0.2) is 36.7 Å². The zero-order chi connectivity index (χ0) is 27.1. The number of halogens is 1. The van der Waals surface area contributed by atoms with Crippen LogP contribution in [-0.2, 0) is 22.1 Å². The second-order valence-corrected chi connectivity index (χ2v) is 12.0. The zero-order valence-electron chi connectivity index (χ0n) is 21.4. The number of hydrogen-bond acceptors (Lipinski definition) is 8. The van der Waals surface area contributed by atoms with Crippen LogP contribution in [0.25, 0.3) is 10.9 Å². The summed E-state index contributed by atoms with van der Waals surface area (Å²) in [4.78, 5) is 14.2. The number of primary sulfonamides is 1. The Labute approximate surface area is 227 Å². The lowest BCUT2D eigenvalue weighted by Crippen LogP contribution is -2.42. The van der Waals surface area contributed by atoms with Crippen molar-refractivity contribution in [2.75, 3.05) is 5.32 Å². The lowest BCUT2D eigenvalue weighted by molar-refractivity contribution is 0.410. The third-order valence-electron chi connectivity index (χ3n) is 7.29. The average Bonchev–Trinajstić information content (AvgIpc) is 2.89. The maximum atomic E-state index is 12.3. The summed E-state index contributed by atoms with van der Waals surface area (Å²) in [6.07, 6.45) is 10.1. The van der Waals surface area contributed by atoms with Gasteiger partial charge in [0.1, 0.15) is 4.90 Å². The van der Waals surface area contributed by atoms with Crippen LogP contribution < -0.4 is 21.5 Å². The Morgan fingerprint density at radius 1 is 1.16 bits per heavy atom. The molecule has 1 aliphatic carbocycles. The monoisotopic (exact) mass is 553 g/mol. The summed E-state index contributed by atoms with van der Waals surface area (Å²) in [5.41, 5.74) is 9.12. The van der Waals surface area contributed by atoms with Crippen LogP contribution in [0.3, 0.4) is 0 Å². The molecule has 1 atom stereocenters. The Morgan fingerprint density at radius 3 is 2.61 bits per heavy atom. The summed E-state index contributed by atoms with van der Waals surface area (Å²) in [6.45, 7) is 4.00. The molecule has 1 fully saturated rings. The number of nitrogens with zero attached hydrogens (tertiary/aromatic N) is 3. The lowest BCUT2D eigenvalue weighted by Gasteiger charge is -2.36.